The van der Waals surface area contributed by atoms with Gasteiger partial charge in [0.25, 0.3) is 0 Å². The first kappa shape index (κ1) is 15.1. The first-order valence-corrected chi connectivity index (χ1v) is 7.52. The average Bonchev–Trinajstić information content (AvgIpc) is 2.39. The molecular weight excluding hydrogens is 220 g/mol. The molecule has 0 aliphatic rings. The summed E-state index contributed by atoms with van der Waals surface area (Å²) < 4.78 is 0. The molecule has 1 N–H and O–H groups in total. The summed E-state index contributed by atoms with van der Waals surface area (Å²) in [5.41, 5.74) is 1.15. The van der Waals surface area contributed by atoms with E-state index in [9.17, 15) is 5.11 Å². The van der Waals surface area contributed by atoms with Gasteiger partial charge in [0.15, 0.2) is 0 Å². The van der Waals surface area contributed by atoms with Crippen molar-refractivity contribution in [3.05, 3.63) is 29.8 Å². The van der Waals surface area contributed by atoms with Crippen molar-refractivity contribution in [3.63, 3.8) is 0 Å². The molecule has 0 heterocycles. The minimum absolute atomic E-state index is 0.478. The van der Waals surface area contributed by atoms with Gasteiger partial charge in [-0.05, 0) is 36.3 Å². The van der Waals surface area contributed by atoms with Gasteiger partial charge in [0, 0.05) is 0 Å². The van der Waals surface area contributed by atoms with Crippen molar-refractivity contribution >= 4 is 0 Å². The molecule has 0 radical (unpaired) electrons. The minimum atomic E-state index is 0.478. The van der Waals surface area contributed by atoms with Crippen molar-refractivity contribution in [2.45, 2.75) is 65.2 Å². The number of unbranched alkanes of at least 4 members (excludes halogenated alkanes) is 1. The normalized spacial score (nSPS) is 14.4. The fraction of sp³-hybridized carbons (Fsp3) is 0.647. The molecule has 1 aromatic carbocycles. The quantitative estimate of drug-likeness (QED) is 0.644. The molecule has 0 spiro atoms. The van der Waals surface area contributed by atoms with Crippen LogP contribution in [0.5, 0.6) is 5.75 Å². The number of aromatic hydroxyl groups is 1. The summed E-state index contributed by atoms with van der Waals surface area (Å²) in [6, 6.07) is 7.88. The second-order valence-corrected chi connectivity index (χ2v) is 5.26. The average molecular weight is 248 g/mol. The van der Waals surface area contributed by atoms with Gasteiger partial charge in [-0.2, -0.15) is 0 Å². The Hall–Kier alpha value is -0.980. The molecule has 0 aromatic heterocycles. The second-order valence-electron chi connectivity index (χ2n) is 5.26. The molecule has 2 atom stereocenters. The summed E-state index contributed by atoms with van der Waals surface area (Å²) in [5, 5.41) is 10.1. The maximum absolute atomic E-state index is 10.1. The number of rotatable bonds is 8. The minimum Gasteiger partial charge on any atom is -0.508 e. The Morgan fingerprint density at radius 1 is 1.00 bits per heavy atom. The molecule has 1 heteroatoms. The monoisotopic (exact) mass is 248 g/mol. The summed E-state index contributed by atoms with van der Waals surface area (Å²) in [4.78, 5) is 0. The van der Waals surface area contributed by atoms with Gasteiger partial charge >= 0.3 is 0 Å². The number of benzene rings is 1. The predicted octanol–water partition coefficient (Wildman–Crippen LogP) is 5.49. The van der Waals surface area contributed by atoms with Crippen LogP contribution in [-0.4, -0.2) is 5.11 Å². The summed E-state index contributed by atoms with van der Waals surface area (Å²) in [6.45, 7) is 6.77. The van der Waals surface area contributed by atoms with E-state index in [1.807, 2.05) is 18.2 Å². The Labute approximate surface area is 112 Å². The van der Waals surface area contributed by atoms with Gasteiger partial charge in [-0.1, -0.05) is 64.7 Å². The van der Waals surface area contributed by atoms with Crippen LogP contribution >= 0.6 is 0 Å². The number of hydrogen-bond acceptors (Lipinski definition) is 1. The SMILES string of the molecule is CCCCC(CC)C(CCC)c1ccccc1O. The van der Waals surface area contributed by atoms with E-state index in [0.29, 0.717) is 17.6 Å². The van der Waals surface area contributed by atoms with E-state index in [2.05, 4.69) is 26.8 Å². The first-order valence-electron chi connectivity index (χ1n) is 7.52. The van der Waals surface area contributed by atoms with Gasteiger partial charge in [-0.25, -0.2) is 0 Å². The van der Waals surface area contributed by atoms with Crippen LogP contribution in [0.1, 0.15) is 70.8 Å². The van der Waals surface area contributed by atoms with Gasteiger partial charge < -0.3 is 5.11 Å². The summed E-state index contributed by atoms with van der Waals surface area (Å²) in [5.74, 6) is 1.71. The molecule has 0 saturated carbocycles. The van der Waals surface area contributed by atoms with E-state index < -0.39 is 0 Å². The molecule has 102 valence electrons. The van der Waals surface area contributed by atoms with Gasteiger partial charge in [0.05, 0.1) is 0 Å². The molecule has 18 heavy (non-hydrogen) atoms. The molecule has 1 aromatic rings. The molecule has 1 rings (SSSR count). The van der Waals surface area contributed by atoms with Crippen molar-refractivity contribution < 1.29 is 5.11 Å². The van der Waals surface area contributed by atoms with Crippen LogP contribution in [0.4, 0.5) is 0 Å². The highest BCUT2D eigenvalue weighted by atomic mass is 16.3. The molecule has 0 bridgehead atoms. The Kier molecular flexibility index (Phi) is 6.85. The first-order chi connectivity index (χ1) is 8.74. The molecule has 0 aliphatic carbocycles. The number of para-hydroxylation sites is 1. The highest BCUT2D eigenvalue weighted by molar-refractivity contribution is 5.35. The Balaban J connectivity index is 2.89. The maximum atomic E-state index is 10.1. The molecule has 1 nitrogen and oxygen atoms in total. The van der Waals surface area contributed by atoms with Crippen LogP contribution < -0.4 is 0 Å². The predicted molar refractivity (Wildman–Crippen MR) is 79.1 cm³/mol. The zero-order valence-corrected chi connectivity index (χ0v) is 12.2. The van der Waals surface area contributed by atoms with Crippen LogP contribution in [0, 0.1) is 5.92 Å². The third kappa shape index (κ3) is 4.04. The summed E-state index contributed by atoms with van der Waals surface area (Å²) >= 11 is 0. The lowest BCUT2D eigenvalue weighted by Crippen LogP contribution is -2.13. The standard InChI is InChI=1S/C17H28O/c1-4-7-11-14(6-3)15(10-5-2)16-12-8-9-13-17(16)18/h8-9,12-15,18H,4-7,10-11H2,1-3H3. The molecule has 0 amide bonds. The van der Waals surface area contributed by atoms with Crippen molar-refractivity contribution in [2.75, 3.05) is 0 Å². The Morgan fingerprint density at radius 2 is 1.72 bits per heavy atom. The van der Waals surface area contributed by atoms with Gasteiger partial charge in [0.2, 0.25) is 0 Å². The highest BCUT2D eigenvalue weighted by Gasteiger charge is 2.22. The largest absolute Gasteiger partial charge is 0.508 e. The zero-order chi connectivity index (χ0) is 13.4. The van der Waals surface area contributed by atoms with E-state index in [1.54, 1.807) is 0 Å². The van der Waals surface area contributed by atoms with Crippen molar-refractivity contribution in [1.82, 2.24) is 0 Å². The van der Waals surface area contributed by atoms with E-state index in [1.165, 1.54) is 38.5 Å². The topological polar surface area (TPSA) is 20.2 Å². The van der Waals surface area contributed by atoms with Crippen LogP contribution in [0.2, 0.25) is 0 Å². The highest BCUT2D eigenvalue weighted by Crippen LogP contribution is 2.38. The van der Waals surface area contributed by atoms with Gasteiger partial charge in [0.1, 0.15) is 5.75 Å². The smallest absolute Gasteiger partial charge is 0.119 e. The lowest BCUT2D eigenvalue weighted by molar-refractivity contribution is 0.343. The van der Waals surface area contributed by atoms with Crippen LogP contribution in [0.15, 0.2) is 24.3 Å². The molecular formula is C17H28O. The fourth-order valence-electron chi connectivity index (χ4n) is 2.91. The summed E-state index contributed by atoms with van der Waals surface area (Å²) in [7, 11) is 0. The number of hydrogen-bond donors (Lipinski definition) is 1. The number of phenolic OH excluding ortho intramolecular Hbond substituents is 1. The van der Waals surface area contributed by atoms with Crippen LogP contribution in [0.25, 0.3) is 0 Å². The van der Waals surface area contributed by atoms with E-state index >= 15 is 0 Å². The van der Waals surface area contributed by atoms with Crippen molar-refractivity contribution in [3.8, 4) is 5.75 Å². The van der Waals surface area contributed by atoms with E-state index in [4.69, 9.17) is 0 Å². The van der Waals surface area contributed by atoms with Crippen molar-refractivity contribution in [2.24, 2.45) is 5.92 Å². The van der Waals surface area contributed by atoms with E-state index in [0.717, 1.165) is 5.56 Å². The van der Waals surface area contributed by atoms with Gasteiger partial charge in [-0.15, -0.1) is 0 Å². The Bertz CT molecular complexity index is 332. The fourth-order valence-corrected chi connectivity index (χ4v) is 2.91. The van der Waals surface area contributed by atoms with E-state index in [-0.39, 0.29) is 0 Å². The molecule has 2 unspecified atom stereocenters. The van der Waals surface area contributed by atoms with Crippen molar-refractivity contribution in [1.29, 1.82) is 0 Å². The molecule has 0 aliphatic heterocycles. The lowest BCUT2D eigenvalue weighted by Gasteiger charge is -2.27. The Morgan fingerprint density at radius 3 is 2.28 bits per heavy atom. The zero-order valence-electron chi connectivity index (χ0n) is 12.2. The maximum Gasteiger partial charge on any atom is 0.119 e. The molecule has 0 saturated heterocycles. The number of phenols is 1. The third-order valence-corrected chi connectivity index (χ3v) is 3.96. The third-order valence-electron chi connectivity index (χ3n) is 3.96. The van der Waals surface area contributed by atoms with Gasteiger partial charge in [-0.3, -0.25) is 0 Å². The van der Waals surface area contributed by atoms with Crippen LogP contribution in [0.3, 0.4) is 0 Å². The second kappa shape index (κ2) is 8.18. The molecule has 0 fully saturated rings. The van der Waals surface area contributed by atoms with Crippen LogP contribution in [-0.2, 0) is 0 Å². The lowest BCUT2D eigenvalue weighted by atomic mass is 9.78. The summed E-state index contributed by atoms with van der Waals surface area (Å²) in [6.07, 6.45) is 7.41.